The molecule has 1 aliphatic carbocycles. The van der Waals surface area contributed by atoms with E-state index in [0.29, 0.717) is 13.1 Å². The number of nitrogens with one attached hydrogen (secondary N) is 1. The molecule has 1 saturated carbocycles. The Morgan fingerprint density at radius 3 is 2.35 bits per heavy atom. The largest absolute Gasteiger partial charge is 0.330 e. The van der Waals surface area contributed by atoms with Gasteiger partial charge in [-0.2, -0.15) is 4.31 Å². The van der Waals surface area contributed by atoms with E-state index in [0.717, 1.165) is 25.0 Å². The molecule has 5 heteroatoms. The summed E-state index contributed by atoms with van der Waals surface area (Å²) in [5.41, 5.74) is 0. The van der Waals surface area contributed by atoms with Gasteiger partial charge in [0.25, 0.3) is 0 Å². The standard InChI is InChI=1S/C12H24N2O2S/c1-11-4-3-5-12(10-11)13-6-8-14(9-7-13)17(2,15)16/h11-12H,3-10H2,1-2H3/p+1. The summed E-state index contributed by atoms with van der Waals surface area (Å²) in [5.74, 6) is 0.856. The van der Waals surface area contributed by atoms with E-state index in [4.69, 9.17) is 0 Å². The fourth-order valence-electron chi connectivity index (χ4n) is 3.32. The second-order valence-electron chi connectivity index (χ2n) is 5.79. The maximum Gasteiger partial charge on any atom is 0.211 e. The summed E-state index contributed by atoms with van der Waals surface area (Å²) in [7, 11) is -2.97. The average Bonchev–Trinajstić information content (AvgIpc) is 2.28. The van der Waals surface area contributed by atoms with Crippen LogP contribution in [0.15, 0.2) is 0 Å². The van der Waals surface area contributed by atoms with Gasteiger partial charge in [0.1, 0.15) is 0 Å². The zero-order valence-corrected chi connectivity index (χ0v) is 11.8. The maximum absolute atomic E-state index is 11.4. The van der Waals surface area contributed by atoms with Gasteiger partial charge in [-0.1, -0.05) is 13.3 Å². The third kappa shape index (κ3) is 3.42. The Morgan fingerprint density at radius 2 is 1.82 bits per heavy atom. The van der Waals surface area contributed by atoms with Crippen molar-refractivity contribution < 1.29 is 13.3 Å². The van der Waals surface area contributed by atoms with E-state index in [9.17, 15) is 8.42 Å². The second-order valence-corrected chi connectivity index (χ2v) is 7.77. The second kappa shape index (κ2) is 5.24. The average molecular weight is 261 g/mol. The number of rotatable bonds is 2. The van der Waals surface area contributed by atoms with Crippen molar-refractivity contribution in [1.29, 1.82) is 0 Å². The third-order valence-electron chi connectivity index (χ3n) is 4.35. The van der Waals surface area contributed by atoms with E-state index in [1.54, 1.807) is 9.21 Å². The lowest BCUT2D eigenvalue weighted by Crippen LogP contribution is -3.18. The van der Waals surface area contributed by atoms with Crippen LogP contribution in [0.1, 0.15) is 32.6 Å². The first-order valence-corrected chi connectivity index (χ1v) is 8.61. The van der Waals surface area contributed by atoms with Crippen LogP contribution < -0.4 is 4.90 Å². The smallest absolute Gasteiger partial charge is 0.211 e. The summed E-state index contributed by atoms with van der Waals surface area (Å²) >= 11 is 0. The van der Waals surface area contributed by atoms with Crippen molar-refractivity contribution in [2.45, 2.75) is 38.6 Å². The van der Waals surface area contributed by atoms with Gasteiger partial charge in [0.15, 0.2) is 0 Å². The fourth-order valence-corrected chi connectivity index (χ4v) is 4.16. The Kier molecular flexibility index (Phi) is 4.10. The van der Waals surface area contributed by atoms with E-state index < -0.39 is 10.0 Å². The highest BCUT2D eigenvalue weighted by Gasteiger charge is 2.32. The molecule has 1 heterocycles. The highest BCUT2D eigenvalue weighted by molar-refractivity contribution is 7.88. The Balaban J connectivity index is 1.86. The van der Waals surface area contributed by atoms with Crippen LogP contribution in [0.5, 0.6) is 0 Å². The molecule has 17 heavy (non-hydrogen) atoms. The lowest BCUT2D eigenvalue weighted by molar-refractivity contribution is -0.930. The van der Waals surface area contributed by atoms with E-state index in [1.165, 1.54) is 31.9 Å². The van der Waals surface area contributed by atoms with Crippen molar-refractivity contribution in [3.05, 3.63) is 0 Å². The van der Waals surface area contributed by atoms with E-state index in [2.05, 4.69) is 6.92 Å². The number of nitrogens with zero attached hydrogens (tertiary/aromatic N) is 1. The molecule has 2 unspecified atom stereocenters. The molecule has 2 aliphatic rings. The predicted octanol–water partition coefficient (Wildman–Crippen LogP) is -0.275. The molecule has 1 saturated heterocycles. The molecule has 0 aromatic carbocycles. The monoisotopic (exact) mass is 261 g/mol. The van der Waals surface area contributed by atoms with Gasteiger partial charge >= 0.3 is 0 Å². The van der Waals surface area contributed by atoms with Crippen molar-refractivity contribution in [1.82, 2.24) is 4.31 Å². The first kappa shape index (κ1) is 13.3. The molecular formula is C12H25N2O2S+. The maximum atomic E-state index is 11.4. The molecule has 0 radical (unpaired) electrons. The van der Waals surface area contributed by atoms with Gasteiger partial charge in [-0.25, -0.2) is 8.42 Å². The number of hydrogen-bond donors (Lipinski definition) is 1. The molecule has 1 aliphatic heterocycles. The lowest BCUT2D eigenvalue weighted by atomic mass is 9.86. The van der Waals surface area contributed by atoms with Gasteiger partial charge < -0.3 is 4.90 Å². The van der Waals surface area contributed by atoms with Crippen LogP contribution in [0.4, 0.5) is 0 Å². The zero-order valence-electron chi connectivity index (χ0n) is 11.0. The molecule has 100 valence electrons. The van der Waals surface area contributed by atoms with E-state index >= 15 is 0 Å². The SMILES string of the molecule is CC1CCCC([NH+]2CCN(S(C)(=O)=O)CC2)C1. The number of quaternary nitrogens is 1. The van der Waals surface area contributed by atoms with Crippen LogP contribution in [0.2, 0.25) is 0 Å². The molecule has 4 nitrogen and oxygen atoms in total. The highest BCUT2D eigenvalue weighted by atomic mass is 32.2. The fraction of sp³-hybridized carbons (Fsp3) is 1.00. The molecular weight excluding hydrogens is 236 g/mol. The van der Waals surface area contributed by atoms with Crippen molar-refractivity contribution in [3.8, 4) is 0 Å². The summed E-state index contributed by atoms with van der Waals surface area (Å²) < 4.78 is 24.5. The lowest BCUT2D eigenvalue weighted by Gasteiger charge is -2.38. The normalized spacial score (nSPS) is 33.8. The van der Waals surface area contributed by atoms with Gasteiger partial charge in [0.2, 0.25) is 10.0 Å². The Hall–Kier alpha value is -0.130. The first-order chi connectivity index (χ1) is 7.97. The van der Waals surface area contributed by atoms with Crippen LogP contribution in [-0.2, 0) is 10.0 Å². The van der Waals surface area contributed by atoms with Crippen LogP contribution in [0.25, 0.3) is 0 Å². The molecule has 2 fully saturated rings. The summed E-state index contributed by atoms with van der Waals surface area (Å²) in [6, 6.07) is 0.778. The summed E-state index contributed by atoms with van der Waals surface area (Å²) in [4.78, 5) is 1.64. The molecule has 0 bridgehead atoms. The van der Waals surface area contributed by atoms with Gasteiger partial charge in [-0.3, -0.25) is 0 Å². The molecule has 2 atom stereocenters. The van der Waals surface area contributed by atoms with Gasteiger partial charge in [-0.15, -0.1) is 0 Å². The Bertz CT molecular complexity index is 348. The van der Waals surface area contributed by atoms with Gasteiger partial charge in [-0.05, 0) is 18.8 Å². The molecule has 1 N–H and O–H groups in total. The molecule has 0 amide bonds. The molecule has 0 spiro atoms. The molecule has 0 aromatic heterocycles. The predicted molar refractivity (Wildman–Crippen MR) is 68.5 cm³/mol. The first-order valence-electron chi connectivity index (χ1n) is 6.76. The highest BCUT2D eigenvalue weighted by Crippen LogP contribution is 2.22. The van der Waals surface area contributed by atoms with Crippen LogP contribution in [-0.4, -0.2) is 51.2 Å². The summed E-state index contributed by atoms with van der Waals surface area (Å²) in [6.07, 6.45) is 6.71. The van der Waals surface area contributed by atoms with Crippen molar-refractivity contribution in [2.24, 2.45) is 5.92 Å². The van der Waals surface area contributed by atoms with Crippen LogP contribution in [0.3, 0.4) is 0 Å². The third-order valence-corrected chi connectivity index (χ3v) is 5.65. The Labute approximate surface area is 105 Å². The van der Waals surface area contributed by atoms with E-state index in [1.807, 2.05) is 0 Å². The number of hydrogen-bond acceptors (Lipinski definition) is 2. The zero-order chi connectivity index (χ0) is 12.5. The summed E-state index contributed by atoms with van der Waals surface area (Å²) in [6.45, 7) is 5.74. The quantitative estimate of drug-likeness (QED) is 0.743. The molecule has 2 rings (SSSR count). The van der Waals surface area contributed by atoms with Crippen molar-refractivity contribution in [3.63, 3.8) is 0 Å². The minimum atomic E-state index is -2.97. The van der Waals surface area contributed by atoms with Gasteiger partial charge in [0, 0.05) is 6.42 Å². The molecule has 0 aromatic rings. The van der Waals surface area contributed by atoms with E-state index in [-0.39, 0.29) is 0 Å². The van der Waals surface area contributed by atoms with Crippen LogP contribution in [0, 0.1) is 5.92 Å². The minimum Gasteiger partial charge on any atom is -0.330 e. The Morgan fingerprint density at radius 1 is 1.18 bits per heavy atom. The summed E-state index contributed by atoms with van der Waals surface area (Å²) in [5, 5.41) is 0. The van der Waals surface area contributed by atoms with Gasteiger partial charge in [0.05, 0.1) is 38.5 Å². The minimum absolute atomic E-state index is 0.707. The number of piperazine rings is 1. The van der Waals surface area contributed by atoms with Crippen molar-refractivity contribution >= 4 is 10.0 Å². The van der Waals surface area contributed by atoms with Crippen molar-refractivity contribution in [2.75, 3.05) is 32.4 Å². The van der Waals surface area contributed by atoms with Crippen LogP contribution >= 0.6 is 0 Å². The topological polar surface area (TPSA) is 41.8 Å². The number of sulfonamides is 1.